The first-order valence-electron chi connectivity index (χ1n) is 7.32. The Morgan fingerprint density at radius 3 is 1.52 bits per heavy atom. The zero-order valence-electron chi connectivity index (χ0n) is 14.7. The molecule has 0 rings (SSSR count). The summed E-state index contributed by atoms with van der Waals surface area (Å²) in [6, 6.07) is 0. The monoisotopic (exact) mass is 430 g/mol. The third kappa shape index (κ3) is 7.37. The fourth-order valence-corrected chi connectivity index (χ4v) is 5.03. The Morgan fingerprint density at radius 2 is 1.24 bits per heavy atom. The average Bonchev–Trinajstić information content (AvgIpc) is 2.53. The maximum atomic E-state index is 11.5. The second-order valence-corrected chi connectivity index (χ2v) is 8.90. The van der Waals surface area contributed by atoms with E-state index in [1.165, 1.54) is 9.34 Å². The van der Waals surface area contributed by atoms with Gasteiger partial charge < -0.3 is 14.0 Å². The van der Waals surface area contributed by atoms with Crippen LogP contribution in [-0.2, 0) is 25.8 Å². The molecule has 0 bridgehead atoms. The van der Waals surface area contributed by atoms with Gasteiger partial charge >= 0.3 is 12.2 Å². The molecule has 0 atom stereocenters. The van der Waals surface area contributed by atoms with Crippen molar-refractivity contribution in [1.29, 1.82) is 0 Å². The van der Waals surface area contributed by atoms with Gasteiger partial charge in [0.15, 0.2) is 10.2 Å². The molecule has 0 saturated heterocycles. The number of rotatable bonds is 6. The molecule has 13 heteroatoms. The summed E-state index contributed by atoms with van der Waals surface area (Å²) in [5.74, 6) is 0. The lowest BCUT2D eigenvalue weighted by Gasteiger charge is -2.39. The second-order valence-electron chi connectivity index (χ2n) is 4.26. The Balaban J connectivity index is 5.27. The Bertz CT molecular complexity index is 521. The minimum absolute atomic E-state index is 0.0148. The highest BCUT2D eigenvalue weighted by Gasteiger charge is 2.34. The molecule has 0 spiro atoms. The fourth-order valence-electron chi connectivity index (χ4n) is 1.44. The van der Waals surface area contributed by atoms with Crippen molar-refractivity contribution < 1.29 is 23.6 Å². The van der Waals surface area contributed by atoms with Gasteiger partial charge in [0.05, 0.1) is 19.8 Å². The molecule has 0 fully saturated rings. The lowest BCUT2D eigenvalue weighted by molar-refractivity contribution is 0.156. The number of thiocarbonyl (C=S) groups is 2. The predicted molar refractivity (Wildman–Crippen MR) is 107 cm³/mol. The molecule has 0 radical (unpaired) electrons. The number of carbonyl (C=O) groups is 2. The van der Waals surface area contributed by atoms with E-state index in [4.69, 9.17) is 50.2 Å². The van der Waals surface area contributed by atoms with Crippen LogP contribution in [0.3, 0.4) is 0 Å². The largest absolute Gasteiger partial charge is 0.450 e. The lowest BCUT2D eigenvalue weighted by atomic mass is 10.8. The van der Waals surface area contributed by atoms with Gasteiger partial charge in [0.25, 0.3) is 6.57 Å². The molecule has 0 aliphatic heterocycles. The summed E-state index contributed by atoms with van der Waals surface area (Å²) in [6.07, 6.45) is -1.40. The quantitative estimate of drug-likeness (QED) is 0.482. The maximum Gasteiger partial charge on any atom is 0.413 e. The van der Waals surface area contributed by atoms with Crippen LogP contribution in [0.15, 0.2) is 0 Å². The second kappa shape index (κ2) is 11.5. The van der Waals surface area contributed by atoms with Gasteiger partial charge in [-0.25, -0.2) is 9.59 Å². The van der Waals surface area contributed by atoms with E-state index in [9.17, 15) is 9.59 Å². The summed E-state index contributed by atoms with van der Waals surface area (Å²) in [7, 11) is 3.13. The fraction of sp³-hybridized carbons (Fsp3) is 0.667. The van der Waals surface area contributed by atoms with E-state index in [0.717, 1.165) is 0 Å². The molecule has 0 heterocycles. The van der Waals surface area contributed by atoms with Gasteiger partial charge in [0, 0.05) is 14.1 Å². The van der Waals surface area contributed by atoms with Crippen LogP contribution in [0.25, 0.3) is 0 Å². The van der Waals surface area contributed by atoms with Crippen molar-refractivity contribution in [2.24, 2.45) is 0 Å². The lowest BCUT2D eigenvalue weighted by Crippen LogP contribution is -2.46. The molecule has 0 aromatic rings. The molecule has 0 aromatic carbocycles. The number of amides is 2. The average molecular weight is 431 g/mol. The minimum Gasteiger partial charge on any atom is -0.450 e. The summed E-state index contributed by atoms with van der Waals surface area (Å²) < 4.78 is 18.1. The highest BCUT2D eigenvalue weighted by atomic mass is 32.5. The predicted octanol–water partition coefficient (Wildman–Crippen LogP) is 2.17. The van der Waals surface area contributed by atoms with Gasteiger partial charge in [-0.3, -0.25) is 20.0 Å². The third-order valence-corrected chi connectivity index (χ3v) is 7.93. The number of carbonyl (C=O) groups excluding carboxylic acids is 2. The van der Waals surface area contributed by atoms with E-state index in [2.05, 4.69) is 10.6 Å². The molecular weight excluding hydrogens is 407 g/mol. The van der Waals surface area contributed by atoms with Crippen LogP contribution in [0.4, 0.5) is 9.59 Å². The van der Waals surface area contributed by atoms with Crippen LogP contribution in [-0.4, -0.2) is 65.7 Å². The summed E-state index contributed by atoms with van der Waals surface area (Å²) in [5, 5.41) is 4.82. The topological polar surface area (TPSA) is 92.4 Å². The Kier molecular flexibility index (Phi) is 11.0. The summed E-state index contributed by atoms with van der Waals surface area (Å²) in [4.78, 5) is 23.1. The molecule has 0 aliphatic carbocycles. The Labute approximate surface area is 163 Å². The Morgan fingerprint density at radius 1 is 0.880 bits per heavy atom. The van der Waals surface area contributed by atoms with Crippen molar-refractivity contribution >= 4 is 65.2 Å². The first-order chi connectivity index (χ1) is 11.6. The van der Waals surface area contributed by atoms with E-state index in [1.54, 1.807) is 34.9 Å². The van der Waals surface area contributed by atoms with Crippen LogP contribution in [0.2, 0.25) is 0 Å². The van der Waals surface area contributed by atoms with E-state index in [1.807, 2.05) is 0 Å². The van der Waals surface area contributed by atoms with Crippen LogP contribution >= 0.6 is 31.0 Å². The van der Waals surface area contributed by atoms with Crippen molar-refractivity contribution in [3.05, 3.63) is 0 Å². The van der Waals surface area contributed by atoms with Gasteiger partial charge in [-0.2, -0.15) is 0 Å². The SMILES string of the molecule is CCOC(=O)NC(=S)N(C)P(=S)(OCC)N(C)C(=S)NC(=O)OCC. The van der Waals surface area contributed by atoms with Crippen molar-refractivity contribution in [2.45, 2.75) is 20.8 Å². The molecule has 9 nitrogen and oxygen atoms in total. The number of hydrogen-bond donors (Lipinski definition) is 2. The first-order valence-corrected chi connectivity index (χ1v) is 10.8. The standard InChI is InChI=1S/C12H23N4O5PS3/c1-6-19-11(17)13-9(23)15(4)22(25,21-8-3)16(5)10(24)14-12(18)20-7-2/h6-8H2,1-5H3,(H,13,17,23)(H,14,18,24). The van der Waals surface area contributed by atoms with E-state index in [0.29, 0.717) is 0 Å². The van der Waals surface area contributed by atoms with Crippen LogP contribution in [0.1, 0.15) is 20.8 Å². The van der Waals surface area contributed by atoms with Gasteiger partial charge in [-0.05, 0) is 57.0 Å². The molecule has 2 amide bonds. The molecule has 0 unspecified atom stereocenters. The van der Waals surface area contributed by atoms with Crippen LogP contribution in [0.5, 0.6) is 0 Å². The van der Waals surface area contributed by atoms with Crippen molar-refractivity contribution in [3.8, 4) is 0 Å². The van der Waals surface area contributed by atoms with Crippen LogP contribution < -0.4 is 10.6 Å². The highest BCUT2D eigenvalue weighted by molar-refractivity contribution is 8.11. The molecule has 0 saturated carbocycles. The third-order valence-electron chi connectivity index (χ3n) is 2.61. The van der Waals surface area contributed by atoms with E-state index < -0.39 is 18.8 Å². The summed E-state index contributed by atoms with van der Waals surface area (Å²) >= 11 is 16.0. The van der Waals surface area contributed by atoms with Crippen LogP contribution in [0, 0.1) is 0 Å². The first kappa shape index (κ1) is 23.9. The Hall–Kier alpha value is -1.07. The zero-order valence-corrected chi connectivity index (χ0v) is 18.1. The normalized spacial score (nSPS) is 10.4. The van der Waals surface area contributed by atoms with Gasteiger partial charge in [-0.15, -0.1) is 0 Å². The molecule has 144 valence electrons. The molecular formula is C12H23N4O5PS3. The molecule has 25 heavy (non-hydrogen) atoms. The number of hydrogen-bond acceptors (Lipinski definition) is 8. The van der Waals surface area contributed by atoms with E-state index in [-0.39, 0.29) is 30.0 Å². The number of ether oxygens (including phenoxy) is 2. The van der Waals surface area contributed by atoms with Crippen molar-refractivity contribution in [2.75, 3.05) is 33.9 Å². The van der Waals surface area contributed by atoms with Gasteiger partial charge in [-0.1, -0.05) is 0 Å². The van der Waals surface area contributed by atoms with Gasteiger partial charge in [0.2, 0.25) is 0 Å². The van der Waals surface area contributed by atoms with Crippen molar-refractivity contribution in [3.63, 3.8) is 0 Å². The van der Waals surface area contributed by atoms with E-state index >= 15 is 0 Å². The maximum absolute atomic E-state index is 11.5. The number of alkyl carbamates (subject to hydrolysis) is 2. The van der Waals surface area contributed by atoms with Gasteiger partial charge in [0.1, 0.15) is 0 Å². The van der Waals surface area contributed by atoms with Crippen molar-refractivity contribution in [1.82, 2.24) is 20.0 Å². The minimum atomic E-state index is -2.99. The number of nitrogens with one attached hydrogen (secondary N) is 2. The molecule has 2 N–H and O–H groups in total. The molecule has 0 aliphatic rings. The smallest absolute Gasteiger partial charge is 0.413 e. The summed E-state index contributed by atoms with van der Waals surface area (Å²) in [5.41, 5.74) is 0. The highest BCUT2D eigenvalue weighted by Crippen LogP contribution is 2.53. The molecule has 0 aromatic heterocycles. The summed E-state index contributed by atoms with van der Waals surface area (Å²) in [6.45, 7) is 2.78. The number of nitrogens with zero attached hydrogens (tertiary/aromatic N) is 2. The zero-order chi connectivity index (χ0) is 19.6.